The molecule has 1 saturated heterocycles. The molecule has 1 heterocycles. The first-order valence-electron chi connectivity index (χ1n) is 7.36. The number of hydrogen-bond acceptors (Lipinski definition) is 4. The molecule has 5 nitrogen and oxygen atoms in total. The highest BCUT2D eigenvalue weighted by atomic mass is 32.2. The van der Waals surface area contributed by atoms with Crippen molar-refractivity contribution in [2.75, 3.05) is 26.2 Å². The van der Waals surface area contributed by atoms with E-state index in [-0.39, 0.29) is 0 Å². The monoisotopic (exact) mass is 312 g/mol. The van der Waals surface area contributed by atoms with Crippen LogP contribution in [-0.4, -0.2) is 39.0 Å². The van der Waals surface area contributed by atoms with Crippen molar-refractivity contribution in [1.29, 1.82) is 0 Å². The summed E-state index contributed by atoms with van der Waals surface area (Å²) in [5.74, 6) is 1.44. The lowest BCUT2D eigenvalue weighted by molar-refractivity contribution is 0.222. The first-order valence-corrected chi connectivity index (χ1v) is 8.80. The van der Waals surface area contributed by atoms with Crippen LogP contribution in [0.15, 0.2) is 29.2 Å². The minimum absolute atomic E-state index is 0.323. The maximum Gasteiger partial charge on any atom is 0.243 e. The topological polar surface area (TPSA) is 72.6 Å². The molecular formula is C15H24N2O3S. The van der Waals surface area contributed by atoms with Gasteiger partial charge in [-0.1, -0.05) is 13.8 Å². The van der Waals surface area contributed by atoms with Crippen molar-refractivity contribution in [2.24, 2.45) is 17.6 Å². The second-order valence-electron chi connectivity index (χ2n) is 5.88. The normalized spacial score (nSPS) is 24.0. The van der Waals surface area contributed by atoms with Gasteiger partial charge in [0.2, 0.25) is 10.0 Å². The van der Waals surface area contributed by atoms with Crippen LogP contribution in [0.1, 0.15) is 20.3 Å². The first kappa shape index (κ1) is 16.3. The van der Waals surface area contributed by atoms with Gasteiger partial charge < -0.3 is 10.5 Å². The zero-order chi connectivity index (χ0) is 15.5. The zero-order valence-corrected chi connectivity index (χ0v) is 13.5. The Balaban J connectivity index is 2.15. The molecule has 0 radical (unpaired) electrons. The average molecular weight is 312 g/mol. The van der Waals surface area contributed by atoms with Crippen molar-refractivity contribution in [2.45, 2.75) is 25.2 Å². The summed E-state index contributed by atoms with van der Waals surface area (Å²) in [6.07, 6.45) is 1.08. The van der Waals surface area contributed by atoms with E-state index in [9.17, 15) is 8.42 Å². The summed E-state index contributed by atoms with van der Waals surface area (Å²) in [5, 5.41) is 0. The molecule has 6 heteroatoms. The Bertz CT molecular complexity index is 547. The van der Waals surface area contributed by atoms with Crippen molar-refractivity contribution in [3.8, 4) is 5.75 Å². The van der Waals surface area contributed by atoms with Crippen LogP contribution in [0.25, 0.3) is 0 Å². The van der Waals surface area contributed by atoms with E-state index in [0.717, 1.165) is 6.42 Å². The SMILES string of the molecule is CC1CC(C)CN(S(=O)(=O)c2ccc(OCCN)cc2)C1. The van der Waals surface area contributed by atoms with E-state index < -0.39 is 10.0 Å². The number of hydrogen-bond donors (Lipinski definition) is 1. The second kappa shape index (κ2) is 6.77. The fourth-order valence-corrected chi connectivity index (χ4v) is 4.52. The standard InChI is InChI=1S/C15H24N2O3S/c1-12-9-13(2)11-17(10-12)21(18,19)15-5-3-14(4-6-15)20-8-7-16/h3-6,12-13H,7-11,16H2,1-2H3. The Morgan fingerprint density at radius 3 is 2.29 bits per heavy atom. The van der Waals surface area contributed by atoms with Crippen molar-refractivity contribution >= 4 is 10.0 Å². The molecule has 0 spiro atoms. The summed E-state index contributed by atoms with van der Waals surface area (Å²) in [6.45, 7) is 6.25. The molecule has 1 aliphatic heterocycles. The lowest BCUT2D eigenvalue weighted by Gasteiger charge is -2.34. The smallest absolute Gasteiger partial charge is 0.243 e. The molecule has 0 saturated carbocycles. The fourth-order valence-electron chi connectivity index (χ4n) is 2.84. The zero-order valence-electron chi connectivity index (χ0n) is 12.7. The molecule has 21 heavy (non-hydrogen) atoms. The third kappa shape index (κ3) is 3.96. The second-order valence-corrected chi connectivity index (χ2v) is 7.81. The molecule has 1 aromatic rings. The molecule has 2 N–H and O–H groups in total. The van der Waals surface area contributed by atoms with Gasteiger partial charge in [-0.25, -0.2) is 8.42 Å². The van der Waals surface area contributed by atoms with E-state index in [2.05, 4.69) is 13.8 Å². The van der Waals surface area contributed by atoms with Crippen LogP contribution in [0.5, 0.6) is 5.75 Å². The Kier molecular flexibility index (Phi) is 5.24. The molecule has 0 bridgehead atoms. The van der Waals surface area contributed by atoms with Crippen molar-refractivity contribution in [3.63, 3.8) is 0 Å². The molecule has 118 valence electrons. The molecule has 1 aromatic carbocycles. The molecule has 0 amide bonds. The van der Waals surface area contributed by atoms with E-state index in [1.807, 2.05) is 0 Å². The molecule has 2 atom stereocenters. The van der Waals surface area contributed by atoms with Crippen LogP contribution in [-0.2, 0) is 10.0 Å². The lowest BCUT2D eigenvalue weighted by atomic mass is 9.94. The van der Waals surface area contributed by atoms with Gasteiger partial charge in [0.1, 0.15) is 12.4 Å². The van der Waals surface area contributed by atoms with E-state index in [1.54, 1.807) is 28.6 Å². The lowest BCUT2D eigenvalue weighted by Crippen LogP contribution is -2.42. The molecule has 0 aliphatic carbocycles. The van der Waals surface area contributed by atoms with Gasteiger partial charge >= 0.3 is 0 Å². The van der Waals surface area contributed by atoms with Gasteiger partial charge in [-0.15, -0.1) is 0 Å². The Labute approximate surface area is 127 Å². The van der Waals surface area contributed by atoms with Crippen molar-refractivity contribution in [1.82, 2.24) is 4.31 Å². The fraction of sp³-hybridized carbons (Fsp3) is 0.600. The van der Waals surface area contributed by atoms with E-state index in [4.69, 9.17) is 10.5 Å². The summed E-state index contributed by atoms with van der Waals surface area (Å²) in [6, 6.07) is 6.56. The molecule has 2 rings (SSSR count). The first-order chi connectivity index (χ1) is 9.93. The minimum atomic E-state index is -3.41. The molecular weight excluding hydrogens is 288 g/mol. The minimum Gasteiger partial charge on any atom is -0.492 e. The molecule has 1 fully saturated rings. The summed E-state index contributed by atoms with van der Waals surface area (Å²) >= 11 is 0. The third-order valence-corrected chi connectivity index (χ3v) is 5.53. The van der Waals surface area contributed by atoms with Gasteiger partial charge in [-0.2, -0.15) is 4.31 Å². The van der Waals surface area contributed by atoms with Gasteiger partial charge in [0, 0.05) is 19.6 Å². The quantitative estimate of drug-likeness (QED) is 0.898. The highest BCUT2D eigenvalue weighted by Crippen LogP contribution is 2.27. The number of ether oxygens (including phenoxy) is 1. The molecule has 0 aromatic heterocycles. The Morgan fingerprint density at radius 1 is 1.19 bits per heavy atom. The van der Waals surface area contributed by atoms with Gasteiger partial charge in [0.25, 0.3) is 0 Å². The number of rotatable bonds is 5. The number of nitrogens with zero attached hydrogens (tertiary/aromatic N) is 1. The van der Waals surface area contributed by atoms with E-state index in [0.29, 0.717) is 48.7 Å². The van der Waals surface area contributed by atoms with Crippen LogP contribution in [0.3, 0.4) is 0 Å². The number of benzene rings is 1. The maximum absolute atomic E-state index is 12.7. The van der Waals surface area contributed by atoms with E-state index >= 15 is 0 Å². The highest BCUT2D eigenvalue weighted by Gasteiger charge is 2.31. The van der Waals surface area contributed by atoms with Gasteiger partial charge in [-0.05, 0) is 42.5 Å². The summed E-state index contributed by atoms with van der Waals surface area (Å²) in [4.78, 5) is 0.323. The van der Waals surface area contributed by atoms with Crippen LogP contribution < -0.4 is 10.5 Å². The highest BCUT2D eigenvalue weighted by molar-refractivity contribution is 7.89. The predicted molar refractivity (Wildman–Crippen MR) is 82.7 cm³/mol. The van der Waals surface area contributed by atoms with Crippen molar-refractivity contribution < 1.29 is 13.2 Å². The molecule has 2 unspecified atom stereocenters. The van der Waals surface area contributed by atoms with Gasteiger partial charge in [-0.3, -0.25) is 0 Å². The third-order valence-electron chi connectivity index (χ3n) is 3.68. The summed E-state index contributed by atoms with van der Waals surface area (Å²) < 4.78 is 32.3. The summed E-state index contributed by atoms with van der Waals surface area (Å²) in [5.41, 5.74) is 5.37. The van der Waals surface area contributed by atoms with Crippen molar-refractivity contribution in [3.05, 3.63) is 24.3 Å². The summed E-state index contributed by atoms with van der Waals surface area (Å²) in [7, 11) is -3.41. The van der Waals surface area contributed by atoms with Gasteiger partial charge in [0.15, 0.2) is 0 Å². The predicted octanol–water partition coefficient (Wildman–Crippen LogP) is 1.69. The van der Waals surface area contributed by atoms with Gasteiger partial charge in [0.05, 0.1) is 4.90 Å². The Morgan fingerprint density at radius 2 is 1.76 bits per heavy atom. The Hall–Kier alpha value is -1.11. The number of sulfonamides is 1. The largest absolute Gasteiger partial charge is 0.492 e. The van der Waals surface area contributed by atoms with Crippen LogP contribution >= 0.6 is 0 Å². The van der Waals surface area contributed by atoms with Crippen LogP contribution in [0.4, 0.5) is 0 Å². The van der Waals surface area contributed by atoms with E-state index in [1.165, 1.54) is 0 Å². The maximum atomic E-state index is 12.7. The number of nitrogens with two attached hydrogens (primary N) is 1. The average Bonchev–Trinajstić information content (AvgIpc) is 2.44. The number of piperidine rings is 1. The van der Waals surface area contributed by atoms with Crippen LogP contribution in [0.2, 0.25) is 0 Å². The molecule has 1 aliphatic rings. The van der Waals surface area contributed by atoms with Crippen LogP contribution in [0, 0.1) is 11.8 Å².